The predicted molar refractivity (Wildman–Crippen MR) is 80.1 cm³/mol. The van der Waals surface area contributed by atoms with E-state index in [1.165, 1.54) is 13.0 Å². The Balaban J connectivity index is 2.15. The van der Waals surface area contributed by atoms with E-state index in [4.69, 9.17) is 5.26 Å². The Morgan fingerprint density at radius 3 is 2.62 bits per heavy atom. The van der Waals surface area contributed by atoms with Crippen molar-refractivity contribution in [3.05, 3.63) is 55.9 Å². The molecule has 0 unspecified atom stereocenters. The van der Waals surface area contributed by atoms with E-state index in [0.717, 1.165) is 23.0 Å². The first-order chi connectivity index (χ1) is 11.3. The van der Waals surface area contributed by atoms with Gasteiger partial charge in [0.15, 0.2) is 0 Å². The van der Waals surface area contributed by atoms with Gasteiger partial charge in [0.25, 0.3) is 5.69 Å². The van der Waals surface area contributed by atoms with Crippen molar-refractivity contribution >= 4 is 23.0 Å². The van der Waals surface area contributed by atoms with Gasteiger partial charge in [-0.05, 0) is 13.0 Å². The second-order valence-electron chi connectivity index (χ2n) is 4.70. The van der Waals surface area contributed by atoms with Crippen molar-refractivity contribution in [2.24, 2.45) is 0 Å². The lowest BCUT2D eigenvalue weighted by Crippen LogP contribution is -2.19. The molecule has 122 valence electrons. The number of hydrogen-bond acceptors (Lipinski definition) is 7. The molecule has 2 rings (SSSR count). The number of hydrogen-bond donors (Lipinski definition) is 1. The van der Waals surface area contributed by atoms with E-state index in [1.54, 1.807) is 6.07 Å². The molecular formula is C13H10N6O5. The minimum atomic E-state index is -0.655. The second kappa shape index (κ2) is 6.53. The molecule has 11 nitrogen and oxygen atoms in total. The molecule has 0 atom stereocenters. The van der Waals surface area contributed by atoms with Gasteiger partial charge < -0.3 is 5.32 Å². The van der Waals surface area contributed by atoms with Gasteiger partial charge in [0.2, 0.25) is 5.91 Å². The maximum atomic E-state index is 12.0. The van der Waals surface area contributed by atoms with E-state index in [-0.39, 0.29) is 34.9 Å². The Hall–Kier alpha value is -3.81. The highest BCUT2D eigenvalue weighted by atomic mass is 16.6. The normalized spacial score (nSPS) is 10.0. The lowest BCUT2D eigenvalue weighted by atomic mass is 10.1. The Morgan fingerprint density at radius 2 is 2.08 bits per heavy atom. The van der Waals surface area contributed by atoms with E-state index >= 15 is 0 Å². The van der Waals surface area contributed by atoms with Crippen LogP contribution in [0.3, 0.4) is 0 Å². The number of nitriles is 1. The van der Waals surface area contributed by atoms with E-state index in [0.29, 0.717) is 0 Å². The van der Waals surface area contributed by atoms with Gasteiger partial charge in [-0.15, -0.1) is 0 Å². The van der Waals surface area contributed by atoms with Crippen molar-refractivity contribution < 1.29 is 14.6 Å². The van der Waals surface area contributed by atoms with E-state index in [9.17, 15) is 25.0 Å². The van der Waals surface area contributed by atoms with Crippen LogP contribution < -0.4 is 5.32 Å². The number of nitro groups is 2. The molecule has 0 aliphatic heterocycles. The van der Waals surface area contributed by atoms with Crippen molar-refractivity contribution in [3.63, 3.8) is 0 Å². The lowest BCUT2D eigenvalue weighted by Gasteiger charge is -2.06. The molecule has 0 aliphatic rings. The molecule has 0 fully saturated rings. The summed E-state index contributed by atoms with van der Waals surface area (Å²) in [5, 5.41) is 36.7. The second-order valence-corrected chi connectivity index (χ2v) is 4.70. The molecule has 1 N–H and O–H groups in total. The maximum Gasteiger partial charge on any atom is 0.309 e. The molecule has 11 heteroatoms. The topological polar surface area (TPSA) is 157 Å². The van der Waals surface area contributed by atoms with Crippen LogP contribution in [0.1, 0.15) is 11.3 Å². The summed E-state index contributed by atoms with van der Waals surface area (Å²) in [5.74, 6) is -0.585. The molecule has 1 aromatic heterocycles. The van der Waals surface area contributed by atoms with Gasteiger partial charge in [-0.1, -0.05) is 0 Å². The van der Waals surface area contributed by atoms with E-state index in [2.05, 4.69) is 10.4 Å². The Kier molecular flexibility index (Phi) is 4.50. The van der Waals surface area contributed by atoms with Crippen molar-refractivity contribution in [1.82, 2.24) is 9.78 Å². The van der Waals surface area contributed by atoms with Gasteiger partial charge in [0.05, 0.1) is 21.1 Å². The summed E-state index contributed by atoms with van der Waals surface area (Å²) < 4.78 is 1.10. The summed E-state index contributed by atoms with van der Waals surface area (Å²) in [6.07, 6.45) is 1.12. The molecule has 0 aliphatic carbocycles. The Labute approximate surface area is 134 Å². The average molecular weight is 330 g/mol. The number of aryl methyl sites for hydroxylation is 1. The zero-order valence-corrected chi connectivity index (χ0v) is 12.3. The molecule has 0 bridgehead atoms. The number of carbonyl (C=O) groups is 1. The number of nitrogens with one attached hydrogen (secondary N) is 1. The first-order valence-corrected chi connectivity index (χ1v) is 6.48. The first-order valence-electron chi connectivity index (χ1n) is 6.48. The molecule has 24 heavy (non-hydrogen) atoms. The van der Waals surface area contributed by atoms with E-state index < -0.39 is 15.8 Å². The maximum absolute atomic E-state index is 12.0. The van der Waals surface area contributed by atoms with Gasteiger partial charge in [-0.25, -0.2) is 0 Å². The number of benzene rings is 1. The number of anilines is 1. The number of amides is 1. The molecule has 0 spiro atoms. The molecule has 0 saturated heterocycles. The number of carbonyl (C=O) groups excluding carboxylic acids is 1. The SMILES string of the molecule is Cc1nn(CC(=O)Nc2ccc([N+](=O)[O-])cc2C#N)cc1[N+](=O)[O-]. The summed E-state index contributed by atoms with van der Waals surface area (Å²) >= 11 is 0. The zero-order chi connectivity index (χ0) is 17.9. The highest BCUT2D eigenvalue weighted by Crippen LogP contribution is 2.21. The van der Waals surface area contributed by atoms with Gasteiger partial charge in [-0.3, -0.25) is 29.7 Å². The predicted octanol–water partition coefficient (Wildman–Crippen LogP) is 1.52. The van der Waals surface area contributed by atoms with Crippen LogP contribution in [0.25, 0.3) is 0 Å². The molecule has 1 aromatic carbocycles. The third kappa shape index (κ3) is 3.50. The number of nitro benzene ring substituents is 1. The number of nitrogens with zero attached hydrogens (tertiary/aromatic N) is 5. The van der Waals surface area contributed by atoms with Crippen LogP contribution in [0.5, 0.6) is 0 Å². The van der Waals surface area contributed by atoms with Crippen LogP contribution in [0.2, 0.25) is 0 Å². The van der Waals surface area contributed by atoms with Crippen molar-refractivity contribution in [3.8, 4) is 6.07 Å². The number of aromatic nitrogens is 2. The van der Waals surface area contributed by atoms with E-state index in [1.807, 2.05) is 0 Å². The monoisotopic (exact) mass is 330 g/mol. The molecule has 1 heterocycles. The fourth-order valence-corrected chi connectivity index (χ4v) is 1.95. The summed E-state index contributed by atoms with van der Waals surface area (Å²) in [6, 6.07) is 5.19. The van der Waals surface area contributed by atoms with Crippen molar-refractivity contribution in [1.29, 1.82) is 5.26 Å². The molecule has 0 saturated carbocycles. The smallest absolute Gasteiger partial charge is 0.309 e. The van der Waals surface area contributed by atoms with Crippen molar-refractivity contribution in [2.75, 3.05) is 5.32 Å². The van der Waals surface area contributed by atoms with Crippen LogP contribution in [0, 0.1) is 38.5 Å². The average Bonchev–Trinajstić information content (AvgIpc) is 2.87. The van der Waals surface area contributed by atoms with Crippen LogP contribution in [-0.2, 0) is 11.3 Å². The molecule has 1 amide bonds. The minimum Gasteiger partial charge on any atom is -0.323 e. The third-order valence-corrected chi connectivity index (χ3v) is 3.03. The van der Waals surface area contributed by atoms with Gasteiger partial charge in [0.1, 0.15) is 24.5 Å². The lowest BCUT2D eigenvalue weighted by molar-refractivity contribution is -0.385. The minimum absolute atomic E-state index is 0.0693. The quantitative estimate of drug-likeness (QED) is 0.642. The molecule has 2 aromatic rings. The third-order valence-electron chi connectivity index (χ3n) is 3.03. The fourth-order valence-electron chi connectivity index (χ4n) is 1.95. The van der Waals surface area contributed by atoms with Crippen LogP contribution in [-0.4, -0.2) is 25.5 Å². The Bertz CT molecular complexity index is 881. The zero-order valence-electron chi connectivity index (χ0n) is 12.3. The van der Waals surface area contributed by atoms with Crippen LogP contribution in [0.15, 0.2) is 24.4 Å². The first kappa shape index (κ1) is 16.6. The summed E-state index contributed by atoms with van der Waals surface area (Å²) in [5.41, 5.74) is -0.286. The summed E-state index contributed by atoms with van der Waals surface area (Å²) in [6.45, 7) is 1.13. The number of non-ortho nitro benzene ring substituents is 1. The Morgan fingerprint density at radius 1 is 1.38 bits per heavy atom. The standard InChI is InChI=1S/C13H10N6O5/c1-8-12(19(23)24)6-17(16-8)7-13(20)15-11-3-2-10(18(21)22)4-9(11)5-14/h2-4,6H,7H2,1H3,(H,15,20). The van der Waals surface area contributed by atoms with Gasteiger partial charge in [-0.2, -0.15) is 10.4 Å². The molecular weight excluding hydrogens is 320 g/mol. The van der Waals surface area contributed by atoms with Gasteiger partial charge >= 0.3 is 5.69 Å². The molecule has 0 radical (unpaired) electrons. The fraction of sp³-hybridized carbons (Fsp3) is 0.154. The van der Waals surface area contributed by atoms with Crippen LogP contribution in [0.4, 0.5) is 17.1 Å². The highest BCUT2D eigenvalue weighted by Gasteiger charge is 2.17. The number of rotatable bonds is 5. The van der Waals surface area contributed by atoms with Gasteiger partial charge in [0, 0.05) is 12.1 Å². The summed E-state index contributed by atoms with van der Waals surface area (Å²) in [4.78, 5) is 32.1. The highest BCUT2D eigenvalue weighted by molar-refractivity contribution is 5.92. The van der Waals surface area contributed by atoms with Crippen molar-refractivity contribution in [2.45, 2.75) is 13.5 Å². The summed E-state index contributed by atoms with van der Waals surface area (Å²) in [7, 11) is 0. The largest absolute Gasteiger partial charge is 0.323 e. The van der Waals surface area contributed by atoms with Crippen LogP contribution >= 0.6 is 0 Å².